The number of nitrogens with zero attached hydrogens (tertiary/aromatic N) is 1. The van der Waals surface area contributed by atoms with Gasteiger partial charge in [0.2, 0.25) is 11.8 Å². The van der Waals surface area contributed by atoms with Crippen LogP contribution in [0.25, 0.3) is 0 Å². The van der Waals surface area contributed by atoms with E-state index in [2.05, 4.69) is 5.32 Å². The summed E-state index contributed by atoms with van der Waals surface area (Å²) in [5, 5.41) is 3.51. The lowest BCUT2D eigenvalue weighted by atomic mass is 9.53. The molecule has 24 heavy (non-hydrogen) atoms. The molecule has 134 valence electrons. The summed E-state index contributed by atoms with van der Waals surface area (Å²) in [7, 11) is 0. The van der Waals surface area contributed by atoms with Gasteiger partial charge in [0.15, 0.2) is 0 Å². The number of hydrogen-bond acceptors (Lipinski definition) is 2. The summed E-state index contributed by atoms with van der Waals surface area (Å²) in [4.78, 5) is 27.2. The molecule has 4 nitrogen and oxygen atoms in total. The van der Waals surface area contributed by atoms with E-state index in [-0.39, 0.29) is 29.2 Å². The smallest absolute Gasteiger partial charge is 0.225 e. The van der Waals surface area contributed by atoms with Gasteiger partial charge in [0.1, 0.15) is 0 Å². The number of nitrogens with one attached hydrogen (secondary N) is 1. The van der Waals surface area contributed by atoms with Crippen LogP contribution < -0.4 is 5.32 Å². The average Bonchev–Trinajstić information content (AvgIpc) is 2.52. The van der Waals surface area contributed by atoms with Gasteiger partial charge in [0, 0.05) is 24.5 Å². The van der Waals surface area contributed by atoms with Crippen molar-refractivity contribution in [2.75, 3.05) is 13.1 Å². The summed E-state index contributed by atoms with van der Waals surface area (Å²) < 4.78 is 0. The quantitative estimate of drug-likeness (QED) is 0.864. The molecule has 0 aromatic carbocycles. The van der Waals surface area contributed by atoms with Crippen molar-refractivity contribution in [1.82, 2.24) is 10.2 Å². The fourth-order valence-corrected chi connectivity index (χ4v) is 6.38. The number of piperidine rings is 1. The number of carbonyl (C=O) groups excluding carboxylic acids is 2. The van der Waals surface area contributed by atoms with Crippen LogP contribution >= 0.6 is 0 Å². The van der Waals surface area contributed by atoms with Crippen molar-refractivity contribution < 1.29 is 9.59 Å². The van der Waals surface area contributed by atoms with E-state index in [4.69, 9.17) is 0 Å². The van der Waals surface area contributed by atoms with Crippen LogP contribution in [0.3, 0.4) is 0 Å². The van der Waals surface area contributed by atoms with E-state index in [1.54, 1.807) is 0 Å². The first kappa shape index (κ1) is 16.4. The van der Waals surface area contributed by atoms with Gasteiger partial charge >= 0.3 is 0 Å². The average molecular weight is 332 g/mol. The highest BCUT2D eigenvalue weighted by Gasteiger charge is 2.52. The molecule has 0 radical (unpaired) electrons. The van der Waals surface area contributed by atoms with E-state index >= 15 is 0 Å². The van der Waals surface area contributed by atoms with Crippen molar-refractivity contribution in [3.05, 3.63) is 0 Å². The van der Waals surface area contributed by atoms with Crippen molar-refractivity contribution in [2.24, 2.45) is 29.6 Å². The summed E-state index contributed by atoms with van der Waals surface area (Å²) in [5.41, 5.74) is 0.0934. The Balaban J connectivity index is 1.40. The first-order valence-corrected chi connectivity index (χ1v) is 10.0. The Bertz CT molecular complexity index is 492. The summed E-state index contributed by atoms with van der Waals surface area (Å²) >= 11 is 0. The highest BCUT2D eigenvalue weighted by Crippen LogP contribution is 2.55. The highest BCUT2D eigenvalue weighted by atomic mass is 16.2. The third-order valence-electron chi connectivity index (χ3n) is 7.02. The van der Waals surface area contributed by atoms with E-state index in [0.29, 0.717) is 6.54 Å². The number of rotatable bonds is 3. The first-order chi connectivity index (χ1) is 11.4. The zero-order valence-corrected chi connectivity index (χ0v) is 15.2. The molecule has 0 aromatic rings. The number of carbonyl (C=O) groups is 2. The van der Waals surface area contributed by atoms with E-state index in [0.717, 1.165) is 37.1 Å². The zero-order chi connectivity index (χ0) is 16.9. The van der Waals surface area contributed by atoms with Gasteiger partial charge in [0.05, 0.1) is 5.92 Å². The lowest BCUT2D eigenvalue weighted by Crippen LogP contribution is -2.61. The Morgan fingerprint density at radius 2 is 1.62 bits per heavy atom. The molecule has 4 heteroatoms. The fourth-order valence-electron chi connectivity index (χ4n) is 6.38. The lowest BCUT2D eigenvalue weighted by Gasteiger charge is -2.57. The number of hydrogen-bond donors (Lipinski definition) is 1. The van der Waals surface area contributed by atoms with E-state index in [9.17, 15) is 9.59 Å². The Labute approximate surface area is 145 Å². The van der Waals surface area contributed by atoms with Gasteiger partial charge in [-0.25, -0.2) is 0 Å². The van der Waals surface area contributed by atoms with Gasteiger partial charge < -0.3 is 10.2 Å². The summed E-state index contributed by atoms with van der Waals surface area (Å²) in [6.45, 7) is 5.33. The third-order valence-corrected chi connectivity index (χ3v) is 7.02. The maximum Gasteiger partial charge on any atom is 0.225 e. The molecular formula is C20H32N2O2. The second-order valence-corrected chi connectivity index (χ2v) is 9.47. The summed E-state index contributed by atoms with van der Waals surface area (Å²) in [6, 6.07) is 0. The molecule has 4 aliphatic carbocycles. The summed E-state index contributed by atoms with van der Waals surface area (Å²) in [6.07, 6.45) is 9.68. The van der Waals surface area contributed by atoms with Crippen molar-refractivity contribution in [1.29, 1.82) is 0 Å². The molecule has 5 rings (SSSR count). The van der Waals surface area contributed by atoms with Crippen LogP contribution in [0.15, 0.2) is 0 Å². The normalized spacial score (nSPS) is 40.9. The van der Waals surface area contributed by atoms with Crippen molar-refractivity contribution >= 4 is 11.8 Å². The van der Waals surface area contributed by atoms with Gasteiger partial charge in [-0.05, 0) is 69.1 Å². The van der Waals surface area contributed by atoms with E-state index in [1.807, 2.05) is 18.7 Å². The molecule has 0 unspecified atom stereocenters. The van der Waals surface area contributed by atoms with Crippen LogP contribution in [0.5, 0.6) is 0 Å². The molecule has 2 amide bonds. The molecule has 0 aromatic heterocycles. The second-order valence-electron chi connectivity index (χ2n) is 9.47. The lowest BCUT2D eigenvalue weighted by molar-refractivity contribution is -0.139. The van der Waals surface area contributed by atoms with Gasteiger partial charge in [-0.15, -0.1) is 0 Å². The molecular weight excluding hydrogens is 300 g/mol. The number of likely N-dealkylation sites (tertiary alicyclic amines) is 1. The molecule has 5 aliphatic rings. The van der Waals surface area contributed by atoms with Crippen molar-refractivity contribution in [3.8, 4) is 0 Å². The predicted octanol–water partition coefficient (Wildman–Crippen LogP) is 2.97. The van der Waals surface area contributed by atoms with Crippen LogP contribution in [0, 0.1) is 29.6 Å². The number of amides is 2. The molecule has 4 bridgehead atoms. The molecule has 4 saturated carbocycles. The second kappa shape index (κ2) is 6.03. The SMILES string of the molecule is CC(C)C(=O)N1CCC[C@@H](C(=O)NC23CC4CC(CC(C4)C2)C3)C1. The topological polar surface area (TPSA) is 49.4 Å². The minimum absolute atomic E-state index is 0.00513. The highest BCUT2D eigenvalue weighted by molar-refractivity contribution is 5.82. The summed E-state index contributed by atoms with van der Waals surface area (Å²) in [5.74, 6) is 2.98. The molecule has 5 fully saturated rings. The molecule has 1 atom stereocenters. The first-order valence-electron chi connectivity index (χ1n) is 10.0. The van der Waals surface area contributed by atoms with Crippen LogP contribution in [0.1, 0.15) is 65.2 Å². The van der Waals surface area contributed by atoms with E-state index in [1.165, 1.54) is 38.5 Å². The minimum atomic E-state index is -0.00513. The Hall–Kier alpha value is -1.06. The van der Waals surface area contributed by atoms with Gasteiger partial charge in [-0.1, -0.05) is 13.8 Å². The molecule has 1 N–H and O–H groups in total. The van der Waals surface area contributed by atoms with Crippen molar-refractivity contribution in [3.63, 3.8) is 0 Å². The van der Waals surface area contributed by atoms with Gasteiger partial charge in [0.25, 0.3) is 0 Å². The Morgan fingerprint density at radius 1 is 1.04 bits per heavy atom. The monoisotopic (exact) mass is 332 g/mol. The van der Waals surface area contributed by atoms with Crippen LogP contribution in [-0.4, -0.2) is 35.3 Å². The van der Waals surface area contributed by atoms with Crippen LogP contribution in [0.4, 0.5) is 0 Å². The van der Waals surface area contributed by atoms with Crippen LogP contribution in [0.2, 0.25) is 0 Å². The minimum Gasteiger partial charge on any atom is -0.350 e. The third kappa shape index (κ3) is 2.97. The fraction of sp³-hybridized carbons (Fsp3) is 0.900. The molecule has 1 saturated heterocycles. The van der Waals surface area contributed by atoms with Gasteiger partial charge in [-0.3, -0.25) is 9.59 Å². The Morgan fingerprint density at radius 3 is 2.17 bits per heavy atom. The standard InChI is InChI=1S/C20H32N2O2/c1-13(2)19(24)22-5-3-4-17(12-22)18(23)21-20-9-14-6-15(10-20)8-16(7-14)11-20/h13-17H,3-12H2,1-2H3,(H,21,23)/t14?,15?,16?,17-,20?/m1/s1. The van der Waals surface area contributed by atoms with E-state index < -0.39 is 0 Å². The van der Waals surface area contributed by atoms with Crippen molar-refractivity contribution in [2.45, 2.75) is 70.8 Å². The zero-order valence-electron chi connectivity index (χ0n) is 15.2. The van der Waals surface area contributed by atoms with Crippen LogP contribution in [-0.2, 0) is 9.59 Å². The molecule has 1 aliphatic heterocycles. The maximum atomic E-state index is 13.0. The van der Waals surface area contributed by atoms with Gasteiger partial charge in [-0.2, -0.15) is 0 Å². The maximum absolute atomic E-state index is 13.0. The molecule has 0 spiro atoms. The predicted molar refractivity (Wildman–Crippen MR) is 93.2 cm³/mol. The largest absolute Gasteiger partial charge is 0.350 e. The Kier molecular flexibility index (Phi) is 4.12. The molecule has 1 heterocycles.